The zero-order chi connectivity index (χ0) is 23.4. The first-order valence-electron chi connectivity index (χ1n) is 11.3. The fourth-order valence-electron chi connectivity index (χ4n) is 4.20. The number of amides is 1. The van der Waals surface area contributed by atoms with Gasteiger partial charge in [0.05, 0.1) is 12.3 Å². The summed E-state index contributed by atoms with van der Waals surface area (Å²) in [7, 11) is 0. The third-order valence-corrected chi connectivity index (χ3v) is 6.21. The Hall–Kier alpha value is -3.55. The zero-order valence-corrected chi connectivity index (χ0v) is 18.6. The number of nitrogens with zero attached hydrogens (tertiary/aromatic N) is 1. The van der Waals surface area contributed by atoms with Crippen LogP contribution in [0.1, 0.15) is 48.2 Å². The monoisotopic (exact) mass is 452 g/mol. The molecule has 1 aliphatic rings. The summed E-state index contributed by atoms with van der Waals surface area (Å²) in [5, 5.41) is 13.1. The number of nitrogens with one attached hydrogen (secondary N) is 1. The number of carbonyl (C=O) groups excluding carboxylic acids is 1. The van der Waals surface area contributed by atoms with Crippen LogP contribution >= 0.6 is 0 Å². The van der Waals surface area contributed by atoms with Gasteiger partial charge in [0.25, 0.3) is 5.91 Å². The minimum Gasteiger partial charge on any atom is -0.503 e. The Kier molecular flexibility index (Phi) is 6.82. The van der Waals surface area contributed by atoms with Crippen molar-refractivity contribution in [3.63, 3.8) is 0 Å². The lowest BCUT2D eigenvalue weighted by Gasteiger charge is -2.21. The molecule has 4 rings (SSSR count). The van der Waals surface area contributed by atoms with Gasteiger partial charge in [-0.25, -0.2) is 4.79 Å². The van der Waals surface area contributed by atoms with Crippen LogP contribution in [0.25, 0.3) is 11.0 Å². The molecular formula is C25H28N2O6. The van der Waals surface area contributed by atoms with Crippen molar-refractivity contribution in [1.29, 1.82) is 0 Å². The van der Waals surface area contributed by atoms with Gasteiger partial charge in [0, 0.05) is 36.8 Å². The third kappa shape index (κ3) is 5.27. The number of carbonyl (C=O) groups is 1. The molecule has 33 heavy (non-hydrogen) atoms. The standard InChI is InChI=1S/C25H28N2O6/c1-16-23(29)21(28)9-11-27(16)12-10-26-24(30)20-13-18-7-8-19(14-22(18)33-25(20)31)32-15-17-5-3-2-4-6-17/h7-9,11,13-14,17,29H,2-6,10,12,15H2,1H3,(H,26,30). The molecule has 1 aromatic carbocycles. The van der Waals surface area contributed by atoms with Gasteiger partial charge in [-0.2, -0.15) is 0 Å². The van der Waals surface area contributed by atoms with Crippen LogP contribution in [0.2, 0.25) is 0 Å². The van der Waals surface area contributed by atoms with Crippen molar-refractivity contribution in [2.24, 2.45) is 5.92 Å². The third-order valence-electron chi connectivity index (χ3n) is 6.21. The molecule has 0 saturated heterocycles. The molecule has 8 nitrogen and oxygen atoms in total. The number of pyridine rings is 1. The van der Waals surface area contributed by atoms with Gasteiger partial charge < -0.3 is 24.1 Å². The molecule has 2 heterocycles. The highest BCUT2D eigenvalue weighted by molar-refractivity contribution is 5.96. The lowest BCUT2D eigenvalue weighted by atomic mass is 9.90. The van der Waals surface area contributed by atoms with Crippen LogP contribution in [-0.2, 0) is 6.54 Å². The molecule has 0 atom stereocenters. The minimum absolute atomic E-state index is 0.0853. The van der Waals surface area contributed by atoms with Crippen LogP contribution in [0.4, 0.5) is 0 Å². The predicted molar refractivity (Wildman–Crippen MR) is 124 cm³/mol. The number of benzene rings is 1. The number of ether oxygens (including phenoxy) is 1. The lowest BCUT2D eigenvalue weighted by Crippen LogP contribution is -2.31. The summed E-state index contributed by atoms with van der Waals surface area (Å²) >= 11 is 0. The maximum absolute atomic E-state index is 12.5. The van der Waals surface area contributed by atoms with E-state index in [1.165, 1.54) is 44.2 Å². The number of rotatable bonds is 7. The largest absolute Gasteiger partial charge is 0.503 e. The van der Waals surface area contributed by atoms with E-state index in [9.17, 15) is 19.5 Å². The van der Waals surface area contributed by atoms with Crippen LogP contribution < -0.4 is 21.1 Å². The first-order valence-corrected chi connectivity index (χ1v) is 11.3. The fourth-order valence-corrected chi connectivity index (χ4v) is 4.20. The number of hydrogen-bond donors (Lipinski definition) is 2. The van der Waals surface area contributed by atoms with Gasteiger partial charge in [0.1, 0.15) is 16.9 Å². The van der Waals surface area contributed by atoms with E-state index in [1.54, 1.807) is 29.8 Å². The van der Waals surface area contributed by atoms with Gasteiger partial charge in [-0.05, 0) is 43.9 Å². The quantitative estimate of drug-likeness (QED) is 0.532. The van der Waals surface area contributed by atoms with Crippen molar-refractivity contribution in [1.82, 2.24) is 9.88 Å². The number of fused-ring (bicyclic) bond motifs is 1. The summed E-state index contributed by atoms with van der Waals surface area (Å²) in [5.74, 6) is 0.345. The minimum atomic E-state index is -0.721. The Morgan fingerprint density at radius 3 is 2.76 bits per heavy atom. The Bertz CT molecular complexity index is 1270. The van der Waals surface area contributed by atoms with Crippen molar-refractivity contribution in [2.75, 3.05) is 13.2 Å². The van der Waals surface area contributed by atoms with E-state index in [1.807, 2.05) is 6.07 Å². The van der Waals surface area contributed by atoms with Gasteiger partial charge >= 0.3 is 5.63 Å². The molecular weight excluding hydrogens is 424 g/mol. The SMILES string of the molecule is Cc1c(O)c(=O)ccn1CCNC(=O)c1cc2ccc(OCC3CCCCC3)cc2oc1=O. The first-order chi connectivity index (χ1) is 15.9. The Balaban J connectivity index is 1.40. The van der Waals surface area contributed by atoms with Gasteiger partial charge in [0.15, 0.2) is 5.75 Å². The van der Waals surface area contributed by atoms with E-state index in [0.717, 1.165) is 0 Å². The summed E-state index contributed by atoms with van der Waals surface area (Å²) in [6, 6.07) is 8.05. The number of aromatic hydroxyl groups is 1. The molecule has 174 valence electrons. The molecule has 2 aromatic heterocycles. The van der Waals surface area contributed by atoms with Crippen molar-refractivity contribution >= 4 is 16.9 Å². The summed E-state index contributed by atoms with van der Waals surface area (Å²) in [6.45, 7) is 2.80. The molecule has 2 N–H and O–H groups in total. The molecule has 1 fully saturated rings. The van der Waals surface area contributed by atoms with Crippen LogP contribution in [-0.4, -0.2) is 28.7 Å². The first kappa shape index (κ1) is 22.6. The second-order valence-corrected chi connectivity index (χ2v) is 8.53. The number of aromatic nitrogens is 1. The van der Waals surface area contributed by atoms with E-state index in [4.69, 9.17) is 9.15 Å². The maximum atomic E-state index is 12.5. The van der Waals surface area contributed by atoms with Gasteiger partial charge in [0.2, 0.25) is 5.43 Å². The predicted octanol–water partition coefficient (Wildman–Crippen LogP) is 3.36. The van der Waals surface area contributed by atoms with E-state index in [-0.39, 0.29) is 17.9 Å². The highest BCUT2D eigenvalue weighted by atomic mass is 16.5. The molecule has 0 radical (unpaired) electrons. The normalized spacial score (nSPS) is 14.3. The molecule has 1 saturated carbocycles. The van der Waals surface area contributed by atoms with E-state index >= 15 is 0 Å². The van der Waals surface area contributed by atoms with Gasteiger partial charge in [-0.15, -0.1) is 0 Å². The van der Waals surface area contributed by atoms with Gasteiger partial charge in [-0.1, -0.05) is 19.3 Å². The molecule has 0 bridgehead atoms. The highest BCUT2D eigenvalue weighted by Gasteiger charge is 2.16. The smallest absolute Gasteiger partial charge is 0.349 e. The van der Waals surface area contributed by atoms with Crippen LogP contribution in [0, 0.1) is 12.8 Å². The Labute approximate surface area is 190 Å². The second kappa shape index (κ2) is 9.94. The molecule has 0 aliphatic heterocycles. The molecule has 0 spiro atoms. The fraction of sp³-hybridized carbons (Fsp3) is 0.400. The molecule has 8 heteroatoms. The average molecular weight is 453 g/mol. The second-order valence-electron chi connectivity index (χ2n) is 8.53. The van der Waals surface area contributed by atoms with Crippen molar-refractivity contribution in [3.8, 4) is 11.5 Å². The van der Waals surface area contributed by atoms with Crippen molar-refractivity contribution in [3.05, 3.63) is 68.4 Å². The van der Waals surface area contributed by atoms with Crippen LogP contribution in [0.15, 0.2) is 50.5 Å². The lowest BCUT2D eigenvalue weighted by molar-refractivity contribution is 0.0948. The molecule has 1 aliphatic carbocycles. The Morgan fingerprint density at radius 2 is 1.97 bits per heavy atom. The van der Waals surface area contributed by atoms with Crippen LogP contribution in [0.5, 0.6) is 11.5 Å². The van der Waals surface area contributed by atoms with Crippen LogP contribution in [0.3, 0.4) is 0 Å². The van der Waals surface area contributed by atoms with Crippen molar-refractivity contribution in [2.45, 2.75) is 45.6 Å². The summed E-state index contributed by atoms with van der Waals surface area (Å²) < 4.78 is 12.9. The highest BCUT2D eigenvalue weighted by Crippen LogP contribution is 2.26. The Morgan fingerprint density at radius 1 is 1.18 bits per heavy atom. The van der Waals surface area contributed by atoms with E-state index < -0.39 is 17.0 Å². The topological polar surface area (TPSA) is 111 Å². The van der Waals surface area contributed by atoms with Gasteiger partial charge in [-0.3, -0.25) is 9.59 Å². The zero-order valence-electron chi connectivity index (χ0n) is 18.6. The van der Waals surface area contributed by atoms with Crippen molar-refractivity contribution < 1.29 is 19.1 Å². The molecule has 0 unspecified atom stereocenters. The molecule has 3 aromatic rings. The van der Waals surface area contributed by atoms with E-state index in [0.29, 0.717) is 41.5 Å². The summed E-state index contributed by atoms with van der Waals surface area (Å²) in [4.78, 5) is 36.4. The summed E-state index contributed by atoms with van der Waals surface area (Å²) in [5.41, 5.74) is -0.482. The maximum Gasteiger partial charge on any atom is 0.349 e. The summed E-state index contributed by atoms with van der Waals surface area (Å²) in [6.07, 6.45) is 7.71. The number of hydrogen-bond acceptors (Lipinski definition) is 6. The average Bonchev–Trinajstić information content (AvgIpc) is 2.82. The molecule has 1 amide bonds. The van der Waals surface area contributed by atoms with E-state index in [2.05, 4.69) is 5.32 Å².